The molecular weight excluding hydrogens is 281 g/mol. The van der Waals surface area contributed by atoms with Crippen LogP contribution in [0.2, 0.25) is 0 Å². The van der Waals surface area contributed by atoms with Gasteiger partial charge in [-0.15, -0.1) is 0 Å². The lowest BCUT2D eigenvalue weighted by molar-refractivity contribution is -0.107. The normalized spacial score (nSPS) is 16.9. The molecule has 0 bridgehead atoms. The Bertz CT molecular complexity index is 307. The van der Waals surface area contributed by atoms with Crippen molar-refractivity contribution in [2.24, 2.45) is 10.8 Å². The molecule has 21 heavy (non-hydrogen) atoms. The maximum atomic E-state index is 14.3. The van der Waals surface area contributed by atoms with Gasteiger partial charge in [0, 0.05) is 13.5 Å². The van der Waals surface area contributed by atoms with E-state index in [1.54, 1.807) is 13.8 Å². The Morgan fingerprint density at radius 3 is 1.71 bits per heavy atom. The van der Waals surface area contributed by atoms with E-state index in [0.717, 1.165) is 0 Å². The highest BCUT2D eigenvalue weighted by Gasteiger charge is 2.37. The van der Waals surface area contributed by atoms with Gasteiger partial charge in [0.1, 0.15) is 12.3 Å². The highest BCUT2D eigenvalue weighted by molar-refractivity contribution is 4.82. The van der Waals surface area contributed by atoms with Crippen LogP contribution in [0.25, 0.3) is 0 Å². The highest BCUT2D eigenvalue weighted by Crippen LogP contribution is 2.34. The SMILES string of the molecule is COCC(F)(F)CC(C)(C)COCC(C)(F)CC(C)(C)C. The fraction of sp³-hybridized carbons (Fsp3) is 1.00. The molecule has 0 saturated carbocycles. The zero-order valence-corrected chi connectivity index (χ0v) is 14.5. The summed E-state index contributed by atoms with van der Waals surface area (Å²) < 4.78 is 51.3. The first-order chi connectivity index (χ1) is 9.18. The molecule has 0 spiro atoms. The van der Waals surface area contributed by atoms with E-state index in [1.807, 2.05) is 20.8 Å². The monoisotopic (exact) mass is 312 g/mol. The van der Waals surface area contributed by atoms with Gasteiger partial charge in [-0.2, -0.15) is 0 Å². The van der Waals surface area contributed by atoms with Crippen LogP contribution in [0.3, 0.4) is 0 Å². The number of rotatable bonds is 9. The van der Waals surface area contributed by atoms with Crippen LogP contribution < -0.4 is 0 Å². The molecule has 0 aliphatic carbocycles. The Labute approximate surface area is 127 Å². The van der Waals surface area contributed by atoms with Crippen molar-refractivity contribution in [3.63, 3.8) is 0 Å². The Balaban J connectivity index is 4.32. The largest absolute Gasteiger partial charge is 0.378 e. The molecule has 0 amide bonds. The second kappa shape index (κ2) is 7.32. The number of halogens is 3. The molecule has 128 valence electrons. The standard InChI is InChI=1S/C16H31F3O2/c1-13(2,3)8-15(6,17)11-21-10-14(4,5)9-16(18,19)12-20-7/h8-12H2,1-7H3. The van der Waals surface area contributed by atoms with Crippen LogP contribution in [0, 0.1) is 10.8 Å². The van der Waals surface area contributed by atoms with Gasteiger partial charge in [0.05, 0.1) is 13.2 Å². The summed E-state index contributed by atoms with van der Waals surface area (Å²) in [5.41, 5.74) is -2.34. The quantitative estimate of drug-likeness (QED) is 0.605. The molecule has 1 unspecified atom stereocenters. The first-order valence-corrected chi connectivity index (χ1v) is 7.32. The van der Waals surface area contributed by atoms with Crippen LogP contribution in [-0.4, -0.2) is 38.5 Å². The fourth-order valence-electron chi connectivity index (χ4n) is 2.71. The molecule has 0 N–H and O–H groups in total. The smallest absolute Gasteiger partial charge is 0.271 e. The third kappa shape index (κ3) is 11.0. The van der Waals surface area contributed by atoms with Gasteiger partial charge in [-0.3, -0.25) is 0 Å². The van der Waals surface area contributed by atoms with Gasteiger partial charge in [0.25, 0.3) is 5.92 Å². The summed E-state index contributed by atoms with van der Waals surface area (Å²) in [5.74, 6) is -2.90. The van der Waals surface area contributed by atoms with Gasteiger partial charge < -0.3 is 9.47 Å². The Kier molecular flexibility index (Phi) is 7.21. The lowest BCUT2D eigenvalue weighted by Crippen LogP contribution is -2.36. The van der Waals surface area contributed by atoms with Crippen LogP contribution in [0.4, 0.5) is 13.2 Å². The summed E-state index contributed by atoms with van der Waals surface area (Å²) in [6, 6.07) is 0. The van der Waals surface area contributed by atoms with Crippen molar-refractivity contribution < 1.29 is 22.6 Å². The van der Waals surface area contributed by atoms with E-state index in [2.05, 4.69) is 4.74 Å². The zero-order valence-electron chi connectivity index (χ0n) is 14.5. The van der Waals surface area contributed by atoms with Gasteiger partial charge in [-0.05, 0) is 24.2 Å². The summed E-state index contributed by atoms with van der Waals surface area (Å²) in [4.78, 5) is 0. The summed E-state index contributed by atoms with van der Waals surface area (Å²) in [7, 11) is 1.25. The molecule has 0 aliphatic rings. The topological polar surface area (TPSA) is 18.5 Å². The van der Waals surface area contributed by atoms with Gasteiger partial charge in [0.2, 0.25) is 0 Å². The molecule has 0 aromatic heterocycles. The van der Waals surface area contributed by atoms with Crippen molar-refractivity contribution in [1.29, 1.82) is 0 Å². The number of ether oxygens (including phenoxy) is 2. The Morgan fingerprint density at radius 1 is 0.762 bits per heavy atom. The molecule has 1 atom stereocenters. The van der Waals surface area contributed by atoms with Gasteiger partial charge >= 0.3 is 0 Å². The van der Waals surface area contributed by atoms with Crippen LogP contribution >= 0.6 is 0 Å². The van der Waals surface area contributed by atoms with E-state index in [0.29, 0.717) is 6.42 Å². The van der Waals surface area contributed by atoms with E-state index >= 15 is 0 Å². The zero-order chi connectivity index (χ0) is 16.9. The van der Waals surface area contributed by atoms with Crippen LogP contribution in [0.5, 0.6) is 0 Å². The maximum absolute atomic E-state index is 14.3. The number of hydrogen-bond acceptors (Lipinski definition) is 2. The molecule has 5 heteroatoms. The van der Waals surface area contributed by atoms with E-state index in [9.17, 15) is 13.2 Å². The molecule has 0 aliphatic heterocycles. The Morgan fingerprint density at radius 2 is 1.29 bits per heavy atom. The third-order valence-electron chi connectivity index (χ3n) is 2.89. The molecule has 0 rings (SSSR count). The van der Waals surface area contributed by atoms with Crippen LogP contribution in [0.15, 0.2) is 0 Å². The molecular formula is C16H31F3O2. The van der Waals surface area contributed by atoms with E-state index in [1.165, 1.54) is 14.0 Å². The van der Waals surface area contributed by atoms with Crippen LogP contribution in [0.1, 0.15) is 54.4 Å². The molecule has 0 radical (unpaired) electrons. The molecule has 0 aromatic rings. The van der Waals surface area contributed by atoms with E-state index in [-0.39, 0.29) is 25.0 Å². The lowest BCUT2D eigenvalue weighted by atomic mass is 9.84. The summed E-state index contributed by atoms with van der Waals surface area (Å²) >= 11 is 0. The van der Waals surface area contributed by atoms with Gasteiger partial charge in [-0.1, -0.05) is 34.6 Å². The van der Waals surface area contributed by atoms with Crippen LogP contribution in [-0.2, 0) is 9.47 Å². The first-order valence-electron chi connectivity index (χ1n) is 7.32. The number of alkyl halides is 3. The average Bonchev–Trinajstić information content (AvgIpc) is 2.09. The van der Waals surface area contributed by atoms with Crippen molar-refractivity contribution in [1.82, 2.24) is 0 Å². The van der Waals surface area contributed by atoms with Gasteiger partial charge in [0.15, 0.2) is 0 Å². The van der Waals surface area contributed by atoms with Gasteiger partial charge in [-0.25, -0.2) is 13.2 Å². The number of hydrogen-bond donors (Lipinski definition) is 0. The molecule has 0 aromatic carbocycles. The second-order valence-electron chi connectivity index (χ2n) is 8.27. The summed E-state index contributed by atoms with van der Waals surface area (Å²) in [6.45, 7) is 10.2. The summed E-state index contributed by atoms with van der Waals surface area (Å²) in [5, 5.41) is 0. The van der Waals surface area contributed by atoms with Crippen molar-refractivity contribution in [2.75, 3.05) is 26.9 Å². The fourth-order valence-corrected chi connectivity index (χ4v) is 2.71. The predicted molar refractivity (Wildman–Crippen MR) is 79.6 cm³/mol. The Hall–Kier alpha value is -0.290. The maximum Gasteiger partial charge on any atom is 0.271 e. The van der Waals surface area contributed by atoms with Crippen molar-refractivity contribution in [3.8, 4) is 0 Å². The van der Waals surface area contributed by atoms with Crippen molar-refractivity contribution in [2.45, 2.75) is 66.0 Å². The minimum absolute atomic E-state index is 0.0798. The number of methoxy groups -OCH3 is 1. The van der Waals surface area contributed by atoms with E-state index in [4.69, 9.17) is 4.74 Å². The molecule has 2 nitrogen and oxygen atoms in total. The molecule has 0 fully saturated rings. The average molecular weight is 312 g/mol. The first kappa shape index (κ1) is 20.7. The molecule has 0 heterocycles. The van der Waals surface area contributed by atoms with Crippen molar-refractivity contribution in [3.05, 3.63) is 0 Å². The summed E-state index contributed by atoms with van der Waals surface area (Å²) in [6.07, 6.45) is 0.0103. The van der Waals surface area contributed by atoms with Crippen molar-refractivity contribution >= 4 is 0 Å². The highest BCUT2D eigenvalue weighted by atomic mass is 19.3. The minimum Gasteiger partial charge on any atom is -0.378 e. The second-order valence-corrected chi connectivity index (χ2v) is 8.27. The lowest BCUT2D eigenvalue weighted by Gasteiger charge is -2.32. The minimum atomic E-state index is -2.90. The molecule has 0 saturated heterocycles. The predicted octanol–water partition coefficient (Wildman–Crippen LogP) is 4.87. The van der Waals surface area contributed by atoms with E-state index < -0.39 is 23.6 Å². The third-order valence-corrected chi connectivity index (χ3v) is 2.89.